The summed E-state index contributed by atoms with van der Waals surface area (Å²) < 4.78 is 22.0. The Labute approximate surface area is 134 Å². The maximum absolute atomic E-state index is 11.5. The summed E-state index contributed by atoms with van der Waals surface area (Å²) in [6.07, 6.45) is 1.76. The minimum Gasteiger partial charge on any atom is -0.356 e. The average molecular weight is 338 g/mol. The summed E-state index contributed by atoms with van der Waals surface area (Å²) in [6.45, 7) is 0.459. The molecule has 1 aromatic carbocycles. The highest BCUT2D eigenvalue weighted by atomic mass is 32.2. The Balaban J connectivity index is 1.78. The van der Waals surface area contributed by atoms with Gasteiger partial charge in [0.05, 0.1) is 11.4 Å². The number of nitrogens with one attached hydrogen (secondary N) is 1. The molecule has 7 heteroatoms. The largest absolute Gasteiger partial charge is 0.356 e. The van der Waals surface area contributed by atoms with Crippen molar-refractivity contribution in [3.63, 3.8) is 0 Å². The highest BCUT2D eigenvalue weighted by Crippen LogP contribution is 2.23. The first-order valence-electron chi connectivity index (χ1n) is 6.88. The quantitative estimate of drug-likeness (QED) is 0.836. The molecule has 22 heavy (non-hydrogen) atoms. The van der Waals surface area contributed by atoms with Gasteiger partial charge in [0.25, 0.3) is 0 Å². The number of thiazole rings is 1. The monoisotopic (exact) mass is 338 g/mol. The Hall–Kier alpha value is -1.73. The van der Waals surface area contributed by atoms with Crippen LogP contribution >= 0.6 is 11.3 Å². The van der Waals surface area contributed by atoms with Crippen LogP contribution in [0.3, 0.4) is 0 Å². The molecule has 1 amide bonds. The molecule has 0 bridgehead atoms. The van der Waals surface area contributed by atoms with Crippen LogP contribution in [-0.4, -0.2) is 37.9 Å². The second-order valence-corrected chi connectivity index (χ2v) is 8.11. The predicted octanol–water partition coefficient (Wildman–Crippen LogP) is 1.90. The van der Waals surface area contributed by atoms with Crippen LogP contribution in [0.25, 0.3) is 10.6 Å². The summed E-state index contributed by atoms with van der Waals surface area (Å²) in [5.41, 5.74) is 2.00. The van der Waals surface area contributed by atoms with Crippen molar-refractivity contribution < 1.29 is 13.2 Å². The molecule has 0 spiro atoms. The van der Waals surface area contributed by atoms with Gasteiger partial charge in [0.15, 0.2) is 0 Å². The summed E-state index contributed by atoms with van der Waals surface area (Å²) in [7, 11) is -3.10. The van der Waals surface area contributed by atoms with Crippen LogP contribution in [-0.2, 0) is 21.1 Å². The van der Waals surface area contributed by atoms with Crippen molar-refractivity contribution in [3.05, 3.63) is 41.4 Å². The van der Waals surface area contributed by atoms with Gasteiger partial charge in [-0.1, -0.05) is 30.3 Å². The van der Waals surface area contributed by atoms with E-state index < -0.39 is 9.84 Å². The van der Waals surface area contributed by atoms with E-state index in [2.05, 4.69) is 10.3 Å². The van der Waals surface area contributed by atoms with Crippen molar-refractivity contribution in [3.8, 4) is 10.6 Å². The SMILES string of the molecule is CS(=O)(=O)CCC(=O)NCCc1csc(-c2ccccc2)n1. The van der Waals surface area contributed by atoms with Gasteiger partial charge in [-0.25, -0.2) is 13.4 Å². The topological polar surface area (TPSA) is 76.1 Å². The second-order valence-electron chi connectivity index (χ2n) is 4.99. The van der Waals surface area contributed by atoms with E-state index >= 15 is 0 Å². The third-order valence-electron chi connectivity index (χ3n) is 2.98. The number of carbonyl (C=O) groups is 1. The van der Waals surface area contributed by atoms with Gasteiger partial charge in [-0.05, 0) is 0 Å². The van der Waals surface area contributed by atoms with Crippen LogP contribution in [0.5, 0.6) is 0 Å². The minimum absolute atomic E-state index is 0.00512. The lowest BCUT2D eigenvalue weighted by molar-refractivity contribution is -0.120. The van der Waals surface area contributed by atoms with Crippen LogP contribution in [0.4, 0.5) is 0 Å². The molecular formula is C15H18N2O3S2. The van der Waals surface area contributed by atoms with Crippen molar-refractivity contribution in [2.24, 2.45) is 0 Å². The predicted molar refractivity (Wildman–Crippen MR) is 88.6 cm³/mol. The molecular weight excluding hydrogens is 320 g/mol. The van der Waals surface area contributed by atoms with Gasteiger partial charge in [0.1, 0.15) is 14.8 Å². The minimum atomic E-state index is -3.10. The molecule has 118 valence electrons. The zero-order valence-electron chi connectivity index (χ0n) is 12.3. The van der Waals surface area contributed by atoms with Crippen LogP contribution in [0.15, 0.2) is 35.7 Å². The molecule has 1 heterocycles. The third kappa shape index (κ3) is 5.57. The molecule has 1 aromatic heterocycles. The van der Waals surface area contributed by atoms with Crippen molar-refractivity contribution >= 4 is 27.1 Å². The van der Waals surface area contributed by atoms with Crippen molar-refractivity contribution in [2.45, 2.75) is 12.8 Å². The lowest BCUT2D eigenvalue weighted by Gasteiger charge is -2.03. The van der Waals surface area contributed by atoms with Gasteiger partial charge >= 0.3 is 0 Å². The number of rotatable bonds is 7. The average Bonchev–Trinajstić information content (AvgIpc) is 2.94. The third-order valence-corrected chi connectivity index (χ3v) is 4.86. The molecule has 0 saturated carbocycles. The van der Waals surface area contributed by atoms with Crippen LogP contribution in [0.1, 0.15) is 12.1 Å². The summed E-state index contributed by atoms with van der Waals surface area (Å²) in [6, 6.07) is 9.92. The normalized spacial score (nSPS) is 11.3. The number of nitrogens with zero attached hydrogens (tertiary/aromatic N) is 1. The van der Waals surface area contributed by atoms with E-state index in [0.717, 1.165) is 22.5 Å². The van der Waals surface area contributed by atoms with Crippen LogP contribution in [0, 0.1) is 0 Å². The summed E-state index contributed by atoms with van der Waals surface area (Å²) in [5, 5.41) is 5.65. The van der Waals surface area contributed by atoms with Crippen molar-refractivity contribution in [1.82, 2.24) is 10.3 Å². The molecule has 0 aliphatic rings. The van der Waals surface area contributed by atoms with Crippen molar-refractivity contribution in [2.75, 3.05) is 18.6 Å². The molecule has 1 N–H and O–H groups in total. The number of sulfone groups is 1. The molecule has 2 rings (SSSR count). The van der Waals surface area contributed by atoms with Gasteiger partial charge in [-0.2, -0.15) is 0 Å². The first kappa shape index (κ1) is 16.6. The molecule has 0 aliphatic heterocycles. The summed E-state index contributed by atoms with van der Waals surface area (Å²) in [5.74, 6) is -0.364. The maximum atomic E-state index is 11.5. The fraction of sp³-hybridized carbons (Fsp3) is 0.333. The molecule has 0 aliphatic carbocycles. The highest BCUT2D eigenvalue weighted by molar-refractivity contribution is 7.90. The van der Waals surface area contributed by atoms with E-state index in [-0.39, 0.29) is 18.1 Å². The van der Waals surface area contributed by atoms with E-state index in [1.165, 1.54) is 0 Å². The lowest BCUT2D eigenvalue weighted by atomic mass is 10.2. The number of benzene rings is 1. The Kier molecular flexibility index (Phi) is 5.68. The van der Waals surface area contributed by atoms with E-state index in [4.69, 9.17) is 0 Å². The number of carbonyl (C=O) groups excluding carboxylic acids is 1. The first-order chi connectivity index (χ1) is 10.4. The van der Waals surface area contributed by atoms with E-state index in [1.807, 2.05) is 35.7 Å². The van der Waals surface area contributed by atoms with Gasteiger partial charge in [0.2, 0.25) is 5.91 Å². The molecule has 0 radical (unpaired) electrons. The van der Waals surface area contributed by atoms with Gasteiger partial charge in [-0.3, -0.25) is 4.79 Å². The smallest absolute Gasteiger partial charge is 0.221 e. The Morgan fingerprint density at radius 1 is 1.27 bits per heavy atom. The lowest BCUT2D eigenvalue weighted by Crippen LogP contribution is -2.27. The zero-order valence-corrected chi connectivity index (χ0v) is 13.9. The van der Waals surface area contributed by atoms with Crippen LogP contribution in [0.2, 0.25) is 0 Å². The number of hydrogen-bond acceptors (Lipinski definition) is 5. The number of aromatic nitrogens is 1. The van der Waals surface area contributed by atoms with E-state index in [1.54, 1.807) is 11.3 Å². The van der Waals surface area contributed by atoms with Crippen LogP contribution < -0.4 is 5.32 Å². The highest BCUT2D eigenvalue weighted by Gasteiger charge is 2.08. The molecule has 0 atom stereocenters. The Bertz CT molecular complexity index is 724. The van der Waals surface area contributed by atoms with E-state index in [9.17, 15) is 13.2 Å². The van der Waals surface area contributed by atoms with Gasteiger partial charge < -0.3 is 5.32 Å². The number of hydrogen-bond donors (Lipinski definition) is 1. The fourth-order valence-corrected chi connectivity index (χ4v) is 3.25. The standard InChI is InChI=1S/C15H18N2O3S2/c1-22(19,20)10-8-14(18)16-9-7-13-11-21-15(17-13)12-5-3-2-4-6-12/h2-6,11H,7-10H2,1H3,(H,16,18). The summed E-state index contributed by atoms with van der Waals surface area (Å²) >= 11 is 1.57. The molecule has 5 nitrogen and oxygen atoms in total. The van der Waals surface area contributed by atoms with E-state index in [0.29, 0.717) is 13.0 Å². The van der Waals surface area contributed by atoms with Gasteiger partial charge in [0, 0.05) is 36.6 Å². The molecule has 0 saturated heterocycles. The Morgan fingerprint density at radius 3 is 2.68 bits per heavy atom. The fourth-order valence-electron chi connectivity index (χ4n) is 1.83. The Morgan fingerprint density at radius 2 is 2.00 bits per heavy atom. The number of amides is 1. The summed E-state index contributed by atoms with van der Waals surface area (Å²) in [4.78, 5) is 16.0. The van der Waals surface area contributed by atoms with Crippen molar-refractivity contribution in [1.29, 1.82) is 0 Å². The molecule has 2 aromatic rings. The molecule has 0 unspecified atom stereocenters. The first-order valence-corrected chi connectivity index (χ1v) is 9.82. The second kappa shape index (κ2) is 7.51. The molecule has 0 fully saturated rings. The zero-order chi connectivity index (χ0) is 16.0. The van der Waals surface area contributed by atoms with Gasteiger partial charge in [-0.15, -0.1) is 11.3 Å². The maximum Gasteiger partial charge on any atom is 0.221 e.